The van der Waals surface area contributed by atoms with E-state index in [0.717, 1.165) is 45.0 Å². The molecule has 7 aromatic carbocycles. The molecule has 0 spiro atoms. The molecule has 6 aliphatic heterocycles. The first-order valence-corrected chi connectivity index (χ1v) is 19.5. The smallest absolute Gasteiger partial charge is 0.295 e. The number of benzene rings is 7. The van der Waals surface area contributed by atoms with Crippen LogP contribution in [0.25, 0.3) is 0 Å². The summed E-state index contributed by atoms with van der Waals surface area (Å²) in [6.07, 6.45) is -5.21. The molecule has 0 saturated heterocycles. The highest BCUT2D eigenvalue weighted by atomic mass is 16.5. The van der Waals surface area contributed by atoms with Crippen molar-refractivity contribution in [1.82, 2.24) is 0 Å². The van der Waals surface area contributed by atoms with Crippen molar-refractivity contribution in [1.29, 1.82) is 0 Å². The molecule has 0 amide bonds. The summed E-state index contributed by atoms with van der Waals surface area (Å²) in [5, 5.41) is 0. The minimum atomic E-state index is -2.75. The number of anilines is 10. The van der Waals surface area contributed by atoms with Crippen LogP contribution in [0.3, 0.4) is 0 Å². The van der Waals surface area contributed by atoms with Gasteiger partial charge in [-0.3, -0.25) is 4.90 Å². The Bertz CT molecular complexity index is 3270. The van der Waals surface area contributed by atoms with E-state index in [9.17, 15) is 5.48 Å². The Hall–Kier alpha value is -7.05. The third-order valence-corrected chi connectivity index (χ3v) is 12.1. The maximum absolute atomic E-state index is 9.67. The molecule has 0 radical (unpaired) electrons. The van der Waals surface area contributed by atoms with Gasteiger partial charge in [-0.05, 0) is 106 Å². The maximum atomic E-state index is 9.67. The molecule has 58 heavy (non-hydrogen) atoms. The number of hydrogen-bond donors (Lipinski definition) is 0. The van der Waals surface area contributed by atoms with Crippen LogP contribution in [0.1, 0.15) is 23.7 Å². The number of ether oxygens (including phenoxy) is 2. The van der Waals surface area contributed by atoms with Gasteiger partial charge in [0.15, 0.2) is 5.88 Å². The first kappa shape index (κ1) is 25.3. The Balaban J connectivity index is 1.16. The van der Waals surface area contributed by atoms with Gasteiger partial charge in [-0.25, -0.2) is 0 Å². The lowest BCUT2D eigenvalue weighted by molar-refractivity contribution is 0.241. The van der Waals surface area contributed by atoms with Gasteiger partial charge in [-0.2, -0.15) is 0 Å². The summed E-state index contributed by atoms with van der Waals surface area (Å²) < 4.78 is 87.3. The van der Waals surface area contributed by atoms with E-state index in [4.69, 9.17) is 15.0 Å². The van der Waals surface area contributed by atoms with Crippen molar-refractivity contribution in [2.24, 2.45) is 0 Å². The Morgan fingerprint density at radius 2 is 0.862 bits per heavy atom. The van der Waals surface area contributed by atoms with Crippen molar-refractivity contribution in [3.63, 3.8) is 0 Å². The van der Waals surface area contributed by atoms with Crippen molar-refractivity contribution in [3.05, 3.63) is 193 Å². The summed E-state index contributed by atoms with van der Waals surface area (Å²) in [6.45, 7) is -7.17. The van der Waals surface area contributed by atoms with Crippen LogP contribution in [0, 0.1) is 0 Å². The van der Waals surface area contributed by atoms with Crippen LogP contribution in [-0.2, 0) is 9.47 Å². The van der Waals surface area contributed by atoms with Crippen molar-refractivity contribution in [3.8, 4) is 0 Å². The third-order valence-electron chi connectivity index (χ3n) is 12.1. The molecule has 6 heterocycles. The molecule has 8 heteroatoms. The number of nitrogens with zero attached hydrogens (tertiary/aromatic N) is 4. The van der Waals surface area contributed by atoms with E-state index in [1.165, 1.54) is 0 Å². The van der Waals surface area contributed by atoms with E-state index in [0.29, 0.717) is 33.7 Å². The monoisotopic (exact) mass is 754 g/mol. The van der Waals surface area contributed by atoms with Gasteiger partial charge in [-0.15, -0.1) is 0 Å². The van der Waals surface area contributed by atoms with Crippen molar-refractivity contribution < 1.29 is 20.4 Å². The predicted octanol–water partition coefficient (Wildman–Crippen LogP) is 9.12. The molecule has 0 aromatic heterocycles. The second kappa shape index (κ2) is 12.2. The minimum Gasteiger partial charge on any atom is -0.505 e. The highest BCUT2D eigenvalue weighted by molar-refractivity contribution is 6.98. The first-order valence-electron chi connectivity index (χ1n) is 23.5. The standard InChI is InChI=1S/C50H36B2N4O2/c1-5-15-33(16-6-1)53-41-24-13-25-42-48(41)52(49-44(53)28-30-57-49)39-31-38-45(32-46(39)55(42)35-19-9-3-10-20-35)54(34-17-7-2-8-18-34)40-23-14-26-43-47(40)51(38)37-27-29-58-50(37)56(43)36-21-11-4-12-22-36/h1-26,31-32H,27-30H2/i27D2,28D2,29D2,30D2. The van der Waals surface area contributed by atoms with Crippen LogP contribution in [0.5, 0.6) is 0 Å². The molecule has 274 valence electrons. The third kappa shape index (κ3) is 4.34. The summed E-state index contributed by atoms with van der Waals surface area (Å²) >= 11 is 0. The molecule has 0 saturated carbocycles. The van der Waals surface area contributed by atoms with Gasteiger partial charge < -0.3 is 24.2 Å². The Kier molecular flexibility index (Phi) is 5.32. The fourth-order valence-corrected chi connectivity index (χ4v) is 9.88. The molecule has 0 fully saturated rings. The lowest BCUT2D eigenvalue weighted by atomic mass is 9.31. The number of para-hydroxylation sites is 4. The van der Waals surface area contributed by atoms with Gasteiger partial charge in [0.05, 0.1) is 30.0 Å². The van der Waals surface area contributed by atoms with E-state index in [1.54, 1.807) is 4.90 Å². The highest BCUT2D eigenvalue weighted by Gasteiger charge is 2.51. The van der Waals surface area contributed by atoms with Crippen molar-refractivity contribution >= 4 is 92.2 Å². The molecule has 0 aliphatic carbocycles. The average Bonchev–Trinajstić information content (AvgIpc) is 3.63. The van der Waals surface area contributed by atoms with E-state index in [2.05, 4.69) is 15.9 Å². The minimum absolute atomic E-state index is 0.0682. The molecule has 0 bridgehead atoms. The highest BCUT2D eigenvalue weighted by Crippen LogP contribution is 2.50. The summed E-state index contributed by atoms with van der Waals surface area (Å²) in [6, 6.07) is 54.9. The first-order chi connectivity index (χ1) is 31.8. The molecule has 13 rings (SSSR count). The lowest BCUT2D eigenvalue weighted by Crippen LogP contribution is -2.60. The van der Waals surface area contributed by atoms with Gasteiger partial charge >= 0.3 is 0 Å². The number of fused-ring (bicyclic) bond motifs is 6. The molecule has 0 atom stereocenters. The van der Waals surface area contributed by atoms with E-state index in [1.807, 2.05) is 169 Å². The van der Waals surface area contributed by atoms with Gasteiger partial charge in [0.1, 0.15) is 0 Å². The summed E-state index contributed by atoms with van der Waals surface area (Å²) in [5.41, 5.74) is 10.8. The second-order valence-corrected chi connectivity index (χ2v) is 15.0. The fraction of sp³-hybridized carbons (Fsp3) is 0.0800. The van der Waals surface area contributed by atoms with Crippen LogP contribution in [0.4, 0.5) is 56.9 Å². The maximum Gasteiger partial charge on any atom is 0.295 e. The topological polar surface area (TPSA) is 31.4 Å². The molecule has 0 N–H and O–H groups in total. The van der Waals surface area contributed by atoms with Gasteiger partial charge in [-0.1, -0.05) is 91.0 Å². The van der Waals surface area contributed by atoms with Crippen LogP contribution in [0.2, 0.25) is 0 Å². The van der Waals surface area contributed by atoms with E-state index in [-0.39, 0.29) is 22.7 Å². The fourth-order valence-electron chi connectivity index (χ4n) is 9.88. The van der Waals surface area contributed by atoms with Crippen LogP contribution in [-0.4, -0.2) is 26.5 Å². The van der Waals surface area contributed by atoms with Crippen LogP contribution < -0.4 is 41.5 Å². The number of hydrogen-bond acceptors (Lipinski definition) is 6. The molecule has 7 aromatic rings. The van der Waals surface area contributed by atoms with Gasteiger partial charge in [0.25, 0.3) is 13.4 Å². The lowest BCUT2D eigenvalue weighted by Gasteiger charge is -2.46. The zero-order valence-electron chi connectivity index (χ0n) is 38.9. The second-order valence-electron chi connectivity index (χ2n) is 15.0. The Labute approximate surface area is 349 Å². The number of rotatable bonds is 4. The van der Waals surface area contributed by atoms with Crippen molar-refractivity contribution in [2.75, 3.05) is 32.7 Å². The molecule has 0 unspecified atom stereocenters. The zero-order valence-corrected chi connectivity index (χ0v) is 30.9. The van der Waals surface area contributed by atoms with Crippen LogP contribution >= 0.6 is 0 Å². The van der Waals surface area contributed by atoms with Gasteiger partial charge in [0.2, 0.25) is 0 Å². The molecule has 6 nitrogen and oxygen atoms in total. The quantitative estimate of drug-likeness (QED) is 0.167. The van der Waals surface area contributed by atoms with E-state index < -0.39 is 39.3 Å². The Morgan fingerprint density at radius 3 is 1.43 bits per heavy atom. The summed E-state index contributed by atoms with van der Waals surface area (Å²) in [7, 11) is 0. The average molecular weight is 755 g/mol. The summed E-state index contributed by atoms with van der Waals surface area (Å²) in [4.78, 5) is 7.99. The van der Waals surface area contributed by atoms with Crippen LogP contribution in [0.15, 0.2) is 193 Å². The SMILES string of the molecule is [2H]C1([2H])OC2=C(B3c4cc5c(cc4N(c4ccccc4)c4cccc(c43)N2c2ccccc2)N(c2ccccc2)c2cccc3c2B5C2=C(N3c3ccccc3)C([2H])([2H])C([2H])([2H])O2)C1([2H])[2H]. The van der Waals surface area contributed by atoms with Crippen molar-refractivity contribution in [2.45, 2.75) is 12.7 Å². The van der Waals surface area contributed by atoms with E-state index >= 15 is 0 Å². The molecular formula is C50H36B2N4O2. The predicted molar refractivity (Wildman–Crippen MR) is 238 cm³/mol. The normalized spacial score (nSPS) is 22.1. The van der Waals surface area contributed by atoms with Gasteiger partial charge in [0, 0.05) is 75.1 Å². The molecule has 6 aliphatic rings. The largest absolute Gasteiger partial charge is 0.505 e. The summed E-state index contributed by atoms with van der Waals surface area (Å²) in [5.74, 6) is 0.0860. The zero-order chi connectivity index (χ0) is 45.1. The Morgan fingerprint density at radius 1 is 0.414 bits per heavy atom. The molecular weight excluding hydrogens is 710 g/mol.